The van der Waals surface area contributed by atoms with Gasteiger partial charge < -0.3 is 0 Å². The van der Waals surface area contributed by atoms with Gasteiger partial charge in [-0.2, -0.15) is 0 Å². The minimum atomic E-state index is -0.547. The molecule has 0 fully saturated rings. The van der Waals surface area contributed by atoms with Gasteiger partial charge in [-0.15, -0.1) is 9.13 Å². The third-order valence-corrected chi connectivity index (χ3v) is 5.52. The van der Waals surface area contributed by atoms with Crippen LogP contribution >= 0.6 is 0 Å². The van der Waals surface area contributed by atoms with Gasteiger partial charge in [0, 0.05) is 29.8 Å². The van der Waals surface area contributed by atoms with Crippen molar-refractivity contribution in [2.75, 3.05) is 0 Å². The van der Waals surface area contributed by atoms with Crippen molar-refractivity contribution >= 4 is 0 Å². The summed E-state index contributed by atoms with van der Waals surface area (Å²) in [7, 11) is 0. The maximum absolute atomic E-state index is 3.66. The van der Waals surface area contributed by atoms with Gasteiger partial charge in [0.2, 0.25) is 5.69 Å². The minimum absolute atomic E-state index is 0.547. The fraction of sp³-hybridized carbons (Fsp3) is 0.0400. The Kier molecular flexibility index (Phi) is 2.76. The monoisotopic (exact) mass is 344 g/mol. The van der Waals surface area contributed by atoms with Gasteiger partial charge in [0.25, 0.3) is 11.4 Å². The Balaban J connectivity index is 1.76. The number of aromatic nitrogens is 2. The number of rotatable bonds is 0. The SMILES string of the molecule is C(#CC12c3ccccc3-c3cccc([n+]31)-c1cccc[n+]12)c1ccccc1. The van der Waals surface area contributed by atoms with Crippen molar-refractivity contribution in [3.8, 4) is 34.5 Å². The zero-order chi connectivity index (χ0) is 17.8. The molecule has 2 aliphatic rings. The average molecular weight is 344 g/mol. The van der Waals surface area contributed by atoms with Crippen LogP contribution in [0, 0.1) is 11.8 Å². The number of nitrogens with zero attached hydrogens (tertiary/aromatic N) is 2. The molecule has 0 saturated heterocycles. The molecule has 2 aromatic heterocycles. The largest absolute Gasteiger partial charge is 0.455 e. The summed E-state index contributed by atoms with van der Waals surface area (Å²) in [6, 6.07) is 31.7. The summed E-state index contributed by atoms with van der Waals surface area (Å²) in [5, 5.41) is 0. The van der Waals surface area contributed by atoms with Crippen LogP contribution in [0.5, 0.6) is 0 Å². The molecule has 1 unspecified atom stereocenters. The Morgan fingerprint density at radius 2 is 1.37 bits per heavy atom. The van der Waals surface area contributed by atoms with E-state index in [4.69, 9.17) is 0 Å². The van der Waals surface area contributed by atoms with Crippen molar-refractivity contribution in [1.29, 1.82) is 0 Å². The van der Waals surface area contributed by atoms with Crippen LogP contribution in [0.2, 0.25) is 0 Å². The van der Waals surface area contributed by atoms with E-state index in [9.17, 15) is 0 Å². The first-order valence-electron chi connectivity index (χ1n) is 9.15. The van der Waals surface area contributed by atoms with E-state index in [-0.39, 0.29) is 0 Å². The summed E-state index contributed by atoms with van der Waals surface area (Å²) < 4.78 is 4.70. The Morgan fingerprint density at radius 3 is 2.30 bits per heavy atom. The van der Waals surface area contributed by atoms with E-state index in [2.05, 4.69) is 100.0 Å². The van der Waals surface area contributed by atoms with Crippen molar-refractivity contribution in [2.45, 2.75) is 5.66 Å². The smallest absolute Gasteiger partial charge is 0.112 e. The summed E-state index contributed by atoms with van der Waals surface area (Å²) in [6.07, 6.45) is 2.15. The van der Waals surface area contributed by atoms with Crippen LogP contribution in [0.4, 0.5) is 0 Å². The molecule has 2 heteroatoms. The van der Waals surface area contributed by atoms with E-state index in [1.54, 1.807) is 0 Å². The van der Waals surface area contributed by atoms with Crippen molar-refractivity contribution in [1.82, 2.24) is 0 Å². The summed E-state index contributed by atoms with van der Waals surface area (Å²) in [4.78, 5) is 0. The molecular weight excluding hydrogens is 328 g/mol. The van der Waals surface area contributed by atoms with Crippen molar-refractivity contribution in [3.05, 3.63) is 108 Å². The molecule has 6 rings (SSSR count). The maximum Gasteiger partial charge on any atom is 0.455 e. The van der Waals surface area contributed by atoms with Crippen molar-refractivity contribution in [3.63, 3.8) is 0 Å². The van der Waals surface area contributed by atoms with Gasteiger partial charge >= 0.3 is 5.66 Å². The summed E-state index contributed by atoms with van der Waals surface area (Å²) >= 11 is 0. The molecule has 0 spiro atoms. The second-order valence-corrected chi connectivity index (χ2v) is 6.92. The molecule has 2 aliphatic heterocycles. The first kappa shape index (κ1) is 14.5. The van der Waals surface area contributed by atoms with Gasteiger partial charge in [0.1, 0.15) is 5.56 Å². The van der Waals surface area contributed by atoms with Crippen LogP contribution in [0.1, 0.15) is 11.1 Å². The molecular formula is C25H16N2+2. The lowest BCUT2D eigenvalue weighted by Crippen LogP contribution is -2.67. The Morgan fingerprint density at radius 1 is 0.630 bits per heavy atom. The molecule has 4 heterocycles. The van der Waals surface area contributed by atoms with E-state index in [0.29, 0.717) is 0 Å². The molecule has 0 saturated carbocycles. The molecule has 0 amide bonds. The number of fused-ring (bicyclic) bond motifs is 6. The standard InChI is InChI=1S/C25H16N2/c1-2-9-19(10-3-1)16-17-25-21-12-5-4-11-20(21)22-14-8-15-24(27(22)25)23-13-6-7-18-26(23)25/h1-15,18H/q+2. The molecule has 0 radical (unpaired) electrons. The number of hydrogen-bond acceptors (Lipinski definition) is 0. The van der Waals surface area contributed by atoms with Crippen LogP contribution in [0.15, 0.2) is 97.2 Å². The van der Waals surface area contributed by atoms with Crippen molar-refractivity contribution < 1.29 is 9.13 Å². The van der Waals surface area contributed by atoms with Gasteiger partial charge in [0.15, 0.2) is 6.20 Å². The number of benzene rings is 2. The lowest BCUT2D eigenvalue weighted by atomic mass is 9.97. The summed E-state index contributed by atoms with van der Waals surface area (Å²) in [5.74, 6) is 7.10. The highest BCUT2D eigenvalue weighted by atomic mass is 15.3. The number of pyridine rings is 2. The molecule has 2 nitrogen and oxygen atoms in total. The topological polar surface area (TPSA) is 7.76 Å². The predicted octanol–water partition coefficient (Wildman–Crippen LogP) is 3.52. The van der Waals surface area contributed by atoms with E-state index < -0.39 is 5.66 Å². The molecule has 0 aliphatic carbocycles. The predicted molar refractivity (Wildman–Crippen MR) is 103 cm³/mol. The Labute approximate surface area is 158 Å². The number of hydrogen-bond donors (Lipinski definition) is 0. The average Bonchev–Trinajstić information content (AvgIpc) is 3.20. The normalized spacial score (nSPS) is 17.5. The van der Waals surface area contributed by atoms with Gasteiger partial charge in [0.05, 0.1) is 11.5 Å². The highest BCUT2D eigenvalue weighted by Crippen LogP contribution is 2.40. The first-order valence-corrected chi connectivity index (χ1v) is 9.15. The molecule has 1 atom stereocenters. The third kappa shape index (κ3) is 1.76. The van der Waals surface area contributed by atoms with E-state index in [1.165, 1.54) is 28.2 Å². The minimum Gasteiger partial charge on any atom is -0.112 e. The van der Waals surface area contributed by atoms with Crippen LogP contribution in [-0.4, -0.2) is 0 Å². The van der Waals surface area contributed by atoms with Crippen molar-refractivity contribution in [2.24, 2.45) is 0 Å². The van der Waals surface area contributed by atoms with Crippen LogP contribution in [0.25, 0.3) is 22.6 Å². The summed E-state index contributed by atoms with van der Waals surface area (Å²) in [6.45, 7) is 0. The third-order valence-electron chi connectivity index (χ3n) is 5.52. The lowest BCUT2D eigenvalue weighted by molar-refractivity contribution is -0.924. The molecule has 0 bridgehead atoms. The van der Waals surface area contributed by atoms with Gasteiger partial charge in [-0.1, -0.05) is 36.3 Å². The Bertz CT molecular complexity index is 1210. The second-order valence-electron chi connectivity index (χ2n) is 6.92. The Hall–Kier alpha value is -3.70. The molecule has 4 aromatic rings. The lowest BCUT2D eigenvalue weighted by Gasteiger charge is -2.09. The van der Waals surface area contributed by atoms with Crippen LogP contribution in [0.3, 0.4) is 0 Å². The summed E-state index contributed by atoms with van der Waals surface area (Å²) in [5.41, 5.74) is 6.58. The fourth-order valence-electron chi connectivity index (χ4n) is 4.43. The highest BCUT2D eigenvalue weighted by Gasteiger charge is 2.66. The molecule has 0 N–H and O–H groups in total. The molecule has 27 heavy (non-hydrogen) atoms. The van der Waals surface area contributed by atoms with Gasteiger partial charge in [-0.05, 0) is 36.4 Å². The van der Waals surface area contributed by atoms with E-state index in [0.717, 1.165) is 5.56 Å². The van der Waals surface area contributed by atoms with Gasteiger partial charge in [-0.25, -0.2) is 0 Å². The fourth-order valence-corrected chi connectivity index (χ4v) is 4.43. The maximum atomic E-state index is 3.66. The first-order chi connectivity index (χ1) is 13.4. The van der Waals surface area contributed by atoms with E-state index >= 15 is 0 Å². The van der Waals surface area contributed by atoms with Crippen LogP contribution in [-0.2, 0) is 5.66 Å². The quantitative estimate of drug-likeness (QED) is 0.341. The second kappa shape index (κ2) is 5.16. The zero-order valence-electron chi connectivity index (χ0n) is 14.6. The van der Waals surface area contributed by atoms with E-state index in [1.807, 2.05) is 18.2 Å². The highest BCUT2D eigenvalue weighted by molar-refractivity contribution is 5.69. The van der Waals surface area contributed by atoms with Crippen LogP contribution < -0.4 is 9.13 Å². The molecule has 124 valence electrons. The molecule has 2 aromatic carbocycles. The zero-order valence-corrected chi connectivity index (χ0v) is 14.6. The van der Waals surface area contributed by atoms with Gasteiger partial charge in [-0.3, -0.25) is 0 Å².